The van der Waals surface area contributed by atoms with Gasteiger partial charge in [-0.2, -0.15) is 4.80 Å². The Bertz CT molecular complexity index is 949. The number of carbonyl (C=O) groups excluding carboxylic acids is 2. The first-order valence-electron chi connectivity index (χ1n) is 8.90. The molecule has 2 aromatic carbocycles. The van der Waals surface area contributed by atoms with Gasteiger partial charge in [-0.25, -0.2) is 4.79 Å². The van der Waals surface area contributed by atoms with Crippen LogP contribution in [-0.4, -0.2) is 39.2 Å². The van der Waals surface area contributed by atoms with Gasteiger partial charge in [0.15, 0.2) is 0 Å². The number of aromatic nitrogens is 4. The van der Waals surface area contributed by atoms with E-state index in [4.69, 9.17) is 0 Å². The third kappa shape index (κ3) is 4.79. The molecule has 1 amide bonds. The first-order valence-corrected chi connectivity index (χ1v) is 8.90. The summed E-state index contributed by atoms with van der Waals surface area (Å²) in [6, 6.07) is 14.8. The number of nitrogens with zero attached hydrogens (tertiary/aromatic N) is 4. The van der Waals surface area contributed by atoms with E-state index in [1.54, 1.807) is 24.3 Å². The highest BCUT2D eigenvalue weighted by molar-refractivity contribution is 5.89. The topological polar surface area (TPSA) is 99.0 Å². The number of carbonyl (C=O) groups is 2. The van der Waals surface area contributed by atoms with Crippen molar-refractivity contribution in [2.45, 2.75) is 26.4 Å². The third-order valence-corrected chi connectivity index (χ3v) is 4.22. The minimum absolute atomic E-state index is 0.0275. The fourth-order valence-electron chi connectivity index (χ4n) is 2.58. The lowest BCUT2D eigenvalue weighted by Gasteiger charge is -2.05. The second kappa shape index (κ2) is 8.90. The van der Waals surface area contributed by atoms with Gasteiger partial charge >= 0.3 is 5.97 Å². The molecule has 28 heavy (non-hydrogen) atoms. The molecule has 0 saturated carbocycles. The van der Waals surface area contributed by atoms with Gasteiger partial charge in [0.2, 0.25) is 11.7 Å². The molecule has 0 aliphatic heterocycles. The van der Waals surface area contributed by atoms with Gasteiger partial charge in [0.25, 0.3) is 0 Å². The van der Waals surface area contributed by atoms with E-state index in [0.717, 1.165) is 17.5 Å². The minimum atomic E-state index is -0.395. The van der Waals surface area contributed by atoms with Crippen LogP contribution in [0.4, 0.5) is 0 Å². The van der Waals surface area contributed by atoms with Crippen molar-refractivity contribution in [3.05, 3.63) is 65.2 Å². The lowest BCUT2D eigenvalue weighted by Crippen LogP contribution is -2.28. The summed E-state index contributed by atoms with van der Waals surface area (Å²) < 4.78 is 4.65. The predicted molar refractivity (Wildman–Crippen MR) is 102 cm³/mol. The number of benzene rings is 2. The largest absolute Gasteiger partial charge is 0.465 e. The van der Waals surface area contributed by atoms with Gasteiger partial charge in [0.05, 0.1) is 12.7 Å². The van der Waals surface area contributed by atoms with Crippen molar-refractivity contribution in [2.75, 3.05) is 7.11 Å². The summed E-state index contributed by atoms with van der Waals surface area (Å²) in [4.78, 5) is 24.8. The fourth-order valence-corrected chi connectivity index (χ4v) is 2.58. The number of hydrogen-bond acceptors (Lipinski definition) is 6. The molecule has 0 atom stereocenters. The highest BCUT2D eigenvalue weighted by atomic mass is 16.5. The number of amides is 1. The van der Waals surface area contributed by atoms with Gasteiger partial charge in [-0.1, -0.05) is 43.3 Å². The van der Waals surface area contributed by atoms with Crippen LogP contribution in [0.5, 0.6) is 0 Å². The predicted octanol–water partition coefficient (Wildman–Crippen LogP) is 2.01. The molecule has 1 aromatic heterocycles. The first kappa shape index (κ1) is 19.2. The Labute approximate surface area is 162 Å². The van der Waals surface area contributed by atoms with E-state index in [1.165, 1.54) is 17.5 Å². The molecule has 1 heterocycles. The molecule has 0 bridgehead atoms. The van der Waals surface area contributed by atoms with Crippen LogP contribution in [-0.2, 0) is 29.0 Å². The maximum atomic E-state index is 12.1. The standard InChI is InChI=1S/C20H21N5O3/c1-3-14-4-8-16(9-5-14)19-22-24-25(23-19)13-18(26)21-12-15-6-10-17(11-7-15)20(27)28-2/h4-11H,3,12-13H2,1-2H3,(H,21,26). The zero-order valence-corrected chi connectivity index (χ0v) is 15.8. The van der Waals surface area contributed by atoms with E-state index in [1.807, 2.05) is 24.3 Å². The van der Waals surface area contributed by atoms with Gasteiger partial charge < -0.3 is 10.1 Å². The average molecular weight is 379 g/mol. The molecule has 8 heteroatoms. The van der Waals surface area contributed by atoms with Crippen LogP contribution < -0.4 is 5.32 Å². The summed E-state index contributed by atoms with van der Waals surface area (Å²) in [6.45, 7) is 2.40. The maximum absolute atomic E-state index is 12.1. The average Bonchev–Trinajstić information content (AvgIpc) is 3.20. The third-order valence-electron chi connectivity index (χ3n) is 4.22. The Morgan fingerprint density at radius 2 is 1.71 bits per heavy atom. The molecular formula is C20H21N5O3. The highest BCUT2D eigenvalue weighted by Crippen LogP contribution is 2.14. The molecule has 0 spiro atoms. The molecule has 0 fully saturated rings. The molecule has 0 aliphatic rings. The van der Waals surface area contributed by atoms with E-state index in [2.05, 4.69) is 32.4 Å². The van der Waals surface area contributed by atoms with Crippen molar-refractivity contribution < 1.29 is 14.3 Å². The quantitative estimate of drug-likeness (QED) is 0.631. The molecule has 0 unspecified atom stereocenters. The molecule has 8 nitrogen and oxygen atoms in total. The van der Waals surface area contributed by atoms with Crippen LogP contribution in [0.2, 0.25) is 0 Å². The molecular weight excluding hydrogens is 358 g/mol. The number of rotatable bonds is 7. The zero-order chi connectivity index (χ0) is 19.9. The van der Waals surface area contributed by atoms with Crippen molar-refractivity contribution in [2.24, 2.45) is 0 Å². The molecule has 144 valence electrons. The van der Waals surface area contributed by atoms with Gasteiger partial charge in [-0.15, -0.1) is 10.2 Å². The first-order chi connectivity index (χ1) is 13.6. The normalized spacial score (nSPS) is 10.5. The lowest BCUT2D eigenvalue weighted by atomic mass is 10.1. The summed E-state index contributed by atoms with van der Waals surface area (Å²) in [5.41, 5.74) is 3.41. The lowest BCUT2D eigenvalue weighted by molar-refractivity contribution is -0.122. The van der Waals surface area contributed by atoms with Crippen molar-refractivity contribution in [3.63, 3.8) is 0 Å². The van der Waals surface area contributed by atoms with Crippen molar-refractivity contribution in [1.82, 2.24) is 25.5 Å². The van der Waals surface area contributed by atoms with Gasteiger partial charge in [-0.05, 0) is 34.9 Å². The fraction of sp³-hybridized carbons (Fsp3) is 0.250. The number of methoxy groups -OCH3 is 1. The highest BCUT2D eigenvalue weighted by Gasteiger charge is 2.10. The Morgan fingerprint density at radius 3 is 2.36 bits per heavy atom. The summed E-state index contributed by atoms with van der Waals surface area (Å²) in [5.74, 6) is -0.149. The second-order valence-corrected chi connectivity index (χ2v) is 6.16. The number of nitrogens with one attached hydrogen (secondary N) is 1. The Kier molecular flexibility index (Phi) is 6.11. The summed E-state index contributed by atoms with van der Waals surface area (Å²) >= 11 is 0. The van der Waals surface area contributed by atoms with Crippen LogP contribution in [0.15, 0.2) is 48.5 Å². The van der Waals surface area contributed by atoms with E-state index < -0.39 is 5.97 Å². The zero-order valence-electron chi connectivity index (χ0n) is 15.8. The van der Waals surface area contributed by atoms with E-state index in [-0.39, 0.29) is 12.5 Å². The minimum Gasteiger partial charge on any atom is -0.465 e. The van der Waals surface area contributed by atoms with Crippen LogP contribution in [0, 0.1) is 0 Å². The number of tetrazole rings is 1. The molecule has 0 radical (unpaired) electrons. The van der Waals surface area contributed by atoms with Crippen LogP contribution >= 0.6 is 0 Å². The molecule has 3 aromatic rings. The number of hydrogen-bond donors (Lipinski definition) is 1. The molecule has 3 rings (SSSR count). The van der Waals surface area contributed by atoms with Gasteiger partial charge in [-0.3, -0.25) is 4.79 Å². The Balaban J connectivity index is 1.53. The Hall–Kier alpha value is -3.55. The summed E-state index contributed by atoms with van der Waals surface area (Å²) in [5, 5.41) is 15.0. The van der Waals surface area contributed by atoms with Crippen molar-refractivity contribution in [3.8, 4) is 11.4 Å². The van der Waals surface area contributed by atoms with Crippen LogP contribution in [0.25, 0.3) is 11.4 Å². The monoisotopic (exact) mass is 379 g/mol. The Morgan fingerprint density at radius 1 is 1.04 bits per heavy atom. The SMILES string of the molecule is CCc1ccc(-c2nnn(CC(=O)NCc3ccc(C(=O)OC)cc3)n2)cc1. The van der Waals surface area contributed by atoms with Crippen LogP contribution in [0.1, 0.15) is 28.4 Å². The van der Waals surface area contributed by atoms with E-state index in [0.29, 0.717) is 17.9 Å². The van der Waals surface area contributed by atoms with Gasteiger partial charge in [0.1, 0.15) is 6.54 Å². The van der Waals surface area contributed by atoms with E-state index in [9.17, 15) is 9.59 Å². The van der Waals surface area contributed by atoms with Gasteiger partial charge in [0, 0.05) is 12.1 Å². The second-order valence-electron chi connectivity index (χ2n) is 6.16. The number of aryl methyl sites for hydroxylation is 1. The van der Waals surface area contributed by atoms with E-state index >= 15 is 0 Å². The molecule has 1 N–H and O–H groups in total. The summed E-state index contributed by atoms with van der Waals surface area (Å²) in [7, 11) is 1.33. The molecule has 0 saturated heterocycles. The maximum Gasteiger partial charge on any atom is 0.337 e. The van der Waals surface area contributed by atoms with Crippen molar-refractivity contribution in [1.29, 1.82) is 0 Å². The summed E-state index contributed by atoms with van der Waals surface area (Å²) in [6.07, 6.45) is 0.964. The number of esters is 1. The van der Waals surface area contributed by atoms with Crippen molar-refractivity contribution >= 4 is 11.9 Å². The smallest absolute Gasteiger partial charge is 0.337 e. The van der Waals surface area contributed by atoms with Crippen LogP contribution in [0.3, 0.4) is 0 Å². The molecule has 0 aliphatic carbocycles. The number of ether oxygens (including phenoxy) is 1.